The molecule has 11 heavy (non-hydrogen) atoms. The fourth-order valence-electron chi connectivity index (χ4n) is 0.397. The molecule has 0 aromatic rings. The van der Waals surface area contributed by atoms with E-state index >= 15 is 0 Å². The third-order valence-corrected chi connectivity index (χ3v) is 0.879. The molecule has 60 valence electrons. The van der Waals surface area contributed by atoms with Crippen molar-refractivity contribution in [2.75, 3.05) is 0 Å². The highest BCUT2D eigenvalue weighted by Gasteiger charge is 1.87. The second-order valence-electron chi connectivity index (χ2n) is 1.78. The van der Waals surface area contributed by atoms with Gasteiger partial charge in [0.25, 0.3) is 0 Å². The fraction of sp³-hybridized carbons (Fsp3) is 0.125. The lowest BCUT2D eigenvalue weighted by Crippen LogP contribution is -1.89. The summed E-state index contributed by atoms with van der Waals surface area (Å²) in [5.74, 6) is -1.42. The summed E-state index contributed by atoms with van der Waals surface area (Å²) in [5, 5.41) is 8.15. The highest BCUT2D eigenvalue weighted by Crippen LogP contribution is 1.96. The average Bonchev–Trinajstić information content (AvgIpc) is 1.97. The molecule has 0 aliphatic rings. The van der Waals surface area contributed by atoms with Gasteiger partial charge < -0.3 is 5.11 Å². The van der Waals surface area contributed by atoms with E-state index in [0.717, 1.165) is 12.2 Å². The number of aliphatic carboxylic acids is 1. The first-order valence-corrected chi connectivity index (χ1v) is 3.03. The van der Waals surface area contributed by atoms with Crippen molar-refractivity contribution in [1.82, 2.24) is 0 Å². The van der Waals surface area contributed by atoms with Gasteiger partial charge in [0.1, 0.15) is 5.83 Å². The molecule has 0 atom stereocenters. The van der Waals surface area contributed by atoms with Crippen LogP contribution >= 0.6 is 0 Å². The Morgan fingerprint density at radius 1 is 1.64 bits per heavy atom. The molecule has 0 rings (SSSR count). The van der Waals surface area contributed by atoms with Gasteiger partial charge in [-0.3, -0.25) is 4.79 Å². The first kappa shape index (κ1) is 9.62. The molecule has 0 radical (unpaired) electrons. The van der Waals surface area contributed by atoms with Crippen molar-refractivity contribution >= 4 is 5.97 Å². The Morgan fingerprint density at radius 2 is 2.27 bits per heavy atom. The zero-order valence-corrected chi connectivity index (χ0v) is 5.96. The molecule has 0 amide bonds. The predicted molar refractivity (Wildman–Crippen MR) is 40.8 cm³/mol. The Bertz CT molecular complexity index is 204. The van der Waals surface area contributed by atoms with Crippen LogP contribution in [0, 0.1) is 0 Å². The smallest absolute Gasteiger partial charge is 0.307 e. The van der Waals surface area contributed by atoms with Crippen LogP contribution in [0.1, 0.15) is 6.42 Å². The average molecular weight is 156 g/mol. The largest absolute Gasteiger partial charge is 0.481 e. The van der Waals surface area contributed by atoms with E-state index in [1.54, 1.807) is 0 Å². The van der Waals surface area contributed by atoms with E-state index in [2.05, 4.69) is 6.58 Å². The summed E-state index contributed by atoms with van der Waals surface area (Å²) in [6.07, 6.45) is 4.79. The van der Waals surface area contributed by atoms with Gasteiger partial charge in [0.05, 0.1) is 6.42 Å². The summed E-state index contributed by atoms with van der Waals surface area (Å²) in [5.41, 5.74) is 0. The second-order valence-corrected chi connectivity index (χ2v) is 1.78. The predicted octanol–water partition coefficient (Wildman–Crippen LogP) is 2.06. The minimum atomic E-state index is -0.936. The molecule has 2 nitrogen and oxygen atoms in total. The molecule has 0 aliphatic heterocycles. The number of hydrogen-bond acceptors (Lipinski definition) is 1. The van der Waals surface area contributed by atoms with Gasteiger partial charge in [0.15, 0.2) is 0 Å². The maximum absolute atomic E-state index is 12.2. The van der Waals surface area contributed by atoms with Crippen LogP contribution in [0.15, 0.2) is 36.7 Å². The minimum absolute atomic E-state index is 0.0963. The van der Waals surface area contributed by atoms with Gasteiger partial charge in [-0.15, -0.1) is 0 Å². The van der Waals surface area contributed by atoms with Gasteiger partial charge in [-0.25, -0.2) is 4.39 Å². The second kappa shape index (κ2) is 5.41. The van der Waals surface area contributed by atoms with Crippen LogP contribution in [0.3, 0.4) is 0 Å². The van der Waals surface area contributed by atoms with Crippen LogP contribution in [0.2, 0.25) is 0 Å². The normalized spacial score (nSPS) is 11.9. The molecule has 0 aromatic carbocycles. The third kappa shape index (κ3) is 6.51. The van der Waals surface area contributed by atoms with Gasteiger partial charge >= 0.3 is 5.97 Å². The molecular weight excluding hydrogens is 147 g/mol. The Kier molecular flexibility index (Phi) is 4.73. The first-order valence-electron chi connectivity index (χ1n) is 3.03. The van der Waals surface area contributed by atoms with Gasteiger partial charge in [-0.05, 0) is 12.2 Å². The standard InChI is InChI=1S/C8H9FO2/c1-2-7(9)5-3-4-6-8(10)11/h2-5H,1,6H2,(H,10,11)/b4-3+,7-5+. The summed E-state index contributed by atoms with van der Waals surface area (Å²) in [4.78, 5) is 9.93. The molecule has 0 bridgehead atoms. The summed E-state index contributed by atoms with van der Waals surface area (Å²) in [6.45, 7) is 3.18. The van der Waals surface area contributed by atoms with E-state index < -0.39 is 11.8 Å². The zero-order chi connectivity index (χ0) is 8.69. The van der Waals surface area contributed by atoms with E-state index in [0.29, 0.717) is 0 Å². The Morgan fingerprint density at radius 3 is 2.73 bits per heavy atom. The van der Waals surface area contributed by atoms with Gasteiger partial charge in [0, 0.05) is 0 Å². The monoisotopic (exact) mass is 156 g/mol. The summed E-state index contributed by atoms with van der Waals surface area (Å²) >= 11 is 0. The number of carboxylic acids is 1. The first-order chi connectivity index (χ1) is 5.16. The minimum Gasteiger partial charge on any atom is -0.481 e. The number of allylic oxidation sites excluding steroid dienone is 4. The quantitative estimate of drug-likeness (QED) is 0.632. The maximum Gasteiger partial charge on any atom is 0.307 e. The zero-order valence-electron chi connectivity index (χ0n) is 5.96. The lowest BCUT2D eigenvalue weighted by molar-refractivity contribution is -0.135. The SMILES string of the molecule is C=C/C(F)=C\C=C\CC(=O)O. The summed E-state index contributed by atoms with van der Waals surface area (Å²) < 4.78 is 12.2. The van der Waals surface area contributed by atoms with E-state index in [-0.39, 0.29) is 6.42 Å². The molecule has 0 aliphatic carbocycles. The van der Waals surface area contributed by atoms with Crippen LogP contribution in [-0.4, -0.2) is 11.1 Å². The van der Waals surface area contributed by atoms with E-state index in [4.69, 9.17) is 5.11 Å². The van der Waals surface area contributed by atoms with Crippen molar-refractivity contribution in [3.05, 3.63) is 36.7 Å². The van der Waals surface area contributed by atoms with Crippen LogP contribution in [0.5, 0.6) is 0 Å². The van der Waals surface area contributed by atoms with Crippen molar-refractivity contribution in [2.45, 2.75) is 6.42 Å². The van der Waals surface area contributed by atoms with Gasteiger partial charge in [0.2, 0.25) is 0 Å². The summed E-state index contributed by atoms with van der Waals surface area (Å²) in [6, 6.07) is 0. The number of halogens is 1. The number of hydrogen-bond donors (Lipinski definition) is 1. The van der Waals surface area contributed by atoms with Crippen LogP contribution in [-0.2, 0) is 4.79 Å². The van der Waals surface area contributed by atoms with E-state index in [9.17, 15) is 9.18 Å². The van der Waals surface area contributed by atoms with Crippen molar-refractivity contribution in [3.63, 3.8) is 0 Å². The van der Waals surface area contributed by atoms with Crippen molar-refractivity contribution in [3.8, 4) is 0 Å². The highest BCUT2D eigenvalue weighted by atomic mass is 19.1. The molecule has 1 N–H and O–H groups in total. The third-order valence-electron chi connectivity index (χ3n) is 0.879. The lowest BCUT2D eigenvalue weighted by atomic mass is 10.3. The van der Waals surface area contributed by atoms with Gasteiger partial charge in [-0.2, -0.15) is 0 Å². The maximum atomic E-state index is 12.2. The number of carboxylic acid groups (broad SMARTS) is 1. The fourth-order valence-corrected chi connectivity index (χ4v) is 0.397. The Balaban J connectivity index is 3.76. The summed E-state index contributed by atoms with van der Waals surface area (Å²) in [7, 11) is 0. The molecule has 0 unspecified atom stereocenters. The topological polar surface area (TPSA) is 37.3 Å². The van der Waals surface area contributed by atoms with E-state index in [1.807, 2.05) is 0 Å². The molecule has 0 aromatic heterocycles. The Labute approximate surface area is 64.3 Å². The highest BCUT2D eigenvalue weighted by molar-refractivity contribution is 5.68. The molecule has 0 fully saturated rings. The molecule has 0 saturated heterocycles. The van der Waals surface area contributed by atoms with Crippen molar-refractivity contribution in [1.29, 1.82) is 0 Å². The molecule has 3 heteroatoms. The van der Waals surface area contributed by atoms with Crippen molar-refractivity contribution in [2.24, 2.45) is 0 Å². The Hall–Kier alpha value is -1.38. The van der Waals surface area contributed by atoms with Crippen LogP contribution < -0.4 is 0 Å². The van der Waals surface area contributed by atoms with Crippen LogP contribution in [0.4, 0.5) is 4.39 Å². The number of rotatable bonds is 4. The van der Waals surface area contributed by atoms with Crippen molar-refractivity contribution < 1.29 is 14.3 Å². The molecule has 0 saturated carbocycles. The van der Waals surface area contributed by atoms with Crippen LogP contribution in [0.25, 0.3) is 0 Å². The number of carbonyl (C=O) groups is 1. The van der Waals surface area contributed by atoms with Gasteiger partial charge in [-0.1, -0.05) is 18.7 Å². The lowest BCUT2D eigenvalue weighted by Gasteiger charge is -1.81. The van der Waals surface area contributed by atoms with E-state index in [1.165, 1.54) is 12.2 Å². The molecule has 0 spiro atoms. The molecular formula is C8H9FO2. The molecule has 0 heterocycles.